The van der Waals surface area contributed by atoms with Crippen LogP contribution in [0.1, 0.15) is 0 Å². The van der Waals surface area contributed by atoms with Gasteiger partial charge in [0, 0.05) is 37.5 Å². The van der Waals surface area contributed by atoms with E-state index in [0.29, 0.717) is 19.6 Å². The van der Waals surface area contributed by atoms with E-state index in [-0.39, 0.29) is 18.3 Å². The van der Waals surface area contributed by atoms with Crippen LogP contribution in [0.5, 0.6) is 0 Å². The number of halogens is 3. The fourth-order valence-corrected chi connectivity index (χ4v) is 1.97. The van der Waals surface area contributed by atoms with Gasteiger partial charge < -0.3 is 15.3 Å². The highest BCUT2D eigenvalue weighted by atomic mass is 19.2. The number of hydrogen-bond acceptors (Lipinski definition) is 3. The SMILES string of the molecule is OCC1CNCCN1c1cc(F)c(F)c(F)c1. The Morgan fingerprint density at radius 2 is 1.94 bits per heavy atom. The summed E-state index contributed by atoms with van der Waals surface area (Å²) in [4.78, 5) is 1.67. The Morgan fingerprint density at radius 3 is 2.53 bits per heavy atom. The second-order valence-corrected chi connectivity index (χ2v) is 3.96. The lowest BCUT2D eigenvalue weighted by Gasteiger charge is -2.37. The Balaban J connectivity index is 2.32. The van der Waals surface area contributed by atoms with E-state index >= 15 is 0 Å². The highest BCUT2D eigenvalue weighted by Gasteiger charge is 2.23. The van der Waals surface area contributed by atoms with Crippen LogP contribution in [0.2, 0.25) is 0 Å². The Labute approximate surface area is 96.9 Å². The molecule has 1 atom stereocenters. The van der Waals surface area contributed by atoms with Crippen LogP contribution in [0.25, 0.3) is 0 Å². The van der Waals surface area contributed by atoms with Gasteiger partial charge in [-0.3, -0.25) is 0 Å². The van der Waals surface area contributed by atoms with Crippen molar-refractivity contribution in [3.05, 3.63) is 29.6 Å². The van der Waals surface area contributed by atoms with E-state index in [1.165, 1.54) is 0 Å². The standard InChI is InChI=1S/C11H13F3N2O/c12-9-3-7(4-10(13)11(9)14)16-2-1-15-5-8(16)6-17/h3-4,8,15,17H,1-2,5-6H2. The summed E-state index contributed by atoms with van der Waals surface area (Å²) in [6, 6.07) is 1.65. The molecule has 0 spiro atoms. The minimum atomic E-state index is -1.47. The number of aliphatic hydroxyl groups is 1. The topological polar surface area (TPSA) is 35.5 Å². The minimum Gasteiger partial charge on any atom is -0.394 e. The summed E-state index contributed by atoms with van der Waals surface area (Å²) in [6.07, 6.45) is 0. The summed E-state index contributed by atoms with van der Waals surface area (Å²) < 4.78 is 39.0. The Morgan fingerprint density at radius 1 is 1.29 bits per heavy atom. The number of nitrogens with zero attached hydrogens (tertiary/aromatic N) is 1. The summed E-state index contributed by atoms with van der Waals surface area (Å²) in [7, 11) is 0. The van der Waals surface area contributed by atoms with E-state index in [1.807, 2.05) is 0 Å². The smallest absolute Gasteiger partial charge is 0.194 e. The van der Waals surface area contributed by atoms with Crippen molar-refractivity contribution in [2.24, 2.45) is 0 Å². The Kier molecular flexibility index (Phi) is 3.54. The molecule has 2 rings (SSSR count). The van der Waals surface area contributed by atoms with Gasteiger partial charge in [0.15, 0.2) is 17.5 Å². The van der Waals surface area contributed by atoms with Crippen LogP contribution in [0.15, 0.2) is 12.1 Å². The van der Waals surface area contributed by atoms with E-state index < -0.39 is 17.5 Å². The van der Waals surface area contributed by atoms with E-state index in [2.05, 4.69) is 5.32 Å². The summed E-state index contributed by atoms with van der Waals surface area (Å²) in [6.45, 7) is 1.55. The lowest BCUT2D eigenvalue weighted by molar-refractivity contribution is 0.246. The number of hydrogen-bond donors (Lipinski definition) is 2. The van der Waals surface area contributed by atoms with E-state index in [0.717, 1.165) is 12.1 Å². The molecule has 94 valence electrons. The van der Waals surface area contributed by atoms with Gasteiger partial charge in [0.25, 0.3) is 0 Å². The Bertz CT molecular complexity index is 391. The number of nitrogens with one attached hydrogen (secondary N) is 1. The van der Waals surface area contributed by atoms with Crippen LogP contribution in [-0.4, -0.2) is 37.4 Å². The molecule has 1 heterocycles. The second-order valence-electron chi connectivity index (χ2n) is 3.96. The Hall–Kier alpha value is -1.27. The molecule has 0 amide bonds. The number of anilines is 1. The predicted molar refractivity (Wildman–Crippen MR) is 57.4 cm³/mol. The number of rotatable bonds is 2. The van der Waals surface area contributed by atoms with Gasteiger partial charge in [-0.15, -0.1) is 0 Å². The fraction of sp³-hybridized carbons (Fsp3) is 0.455. The molecule has 0 bridgehead atoms. The molecule has 1 aromatic carbocycles. The first-order chi connectivity index (χ1) is 8.13. The minimum absolute atomic E-state index is 0.131. The first kappa shape index (κ1) is 12.2. The van der Waals surface area contributed by atoms with Crippen LogP contribution in [-0.2, 0) is 0 Å². The molecule has 1 aliphatic rings. The summed E-state index contributed by atoms with van der Waals surface area (Å²) in [5.41, 5.74) is 0.252. The second kappa shape index (κ2) is 4.93. The molecular weight excluding hydrogens is 233 g/mol. The number of benzene rings is 1. The van der Waals surface area contributed by atoms with Gasteiger partial charge in [0.2, 0.25) is 0 Å². The molecule has 17 heavy (non-hydrogen) atoms. The summed E-state index contributed by atoms with van der Waals surface area (Å²) in [5, 5.41) is 12.2. The van der Waals surface area contributed by atoms with Crippen LogP contribution >= 0.6 is 0 Å². The summed E-state index contributed by atoms with van der Waals surface area (Å²) >= 11 is 0. The molecule has 1 fully saturated rings. The van der Waals surface area contributed by atoms with Gasteiger partial charge >= 0.3 is 0 Å². The van der Waals surface area contributed by atoms with Gasteiger partial charge in [0.1, 0.15) is 0 Å². The zero-order valence-electron chi connectivity index (χ0n) is 9.09. The molecule has 6 heteroatoms. The maximum Gasteiger partial charge on any atom is 0.194 e. The maximum atomic E-state index is 13.1. The molecule has 1 saturated heterocycles. The third-order valence-electron chi connectivity index (χ3n) is 2.86. The van der Waals surface area contributed by atoms with Crippen LogP contribution in [0, 0.1) is 17.5 Å². The van der Waals surface area contributed by atoms with Crippen molar-refractivity contribution in [3.63, 3.8) is 0 Å². The first-order valence-electron chi connectivity index (χ1n) is 5.36. The molecule has 1 aromatic rings. The van der Waals surface area contributed by atoms with Gasteiger partial charge in [0.05, 0.1) is 12.6 Å². The number of aliphatic hydroxyl groups excluding tert-OH is 1. The van der Waals surface area contributed by atoms with Gasteiger partial charge in [-0.25, -0.2) is 13.2 Å². The highest BCUT2D eigenvalue weighted by molar-refractivity contribution is 5.49. The van der Waals surface area contributed by atoms with Gasteiger partial charge in [-0.1, -0.05) is 0 Å². The van der Waals surface area contributed by atoms with Crippen molar-refractivity contribution in [2.75, 3.05) is 31.1 Å². The third kappa shape index (κ3) is 2.37. The quantitative estimate of drug-likeness (QED) is 0.760. The normalized spacial score (nSPS) is 20.7. The van der Waals surface area contributed by atoms with E-state index in [4.69, 9.17) is 0 Å². The molecule has 2 N–H and O–H groups in total. The number of piperazine rings is 1. The average molecular weight is 246 g/mol. The van der Waals surface area contributed by atoms with E-state index in [1.54, 1.807) is 4.90 Å². The van der Waals surface area contributed by atoms with Crippen molar-refractivity contribution in [1.29, 1.82) is 0 Å². The van der Waals surface area contributed by atoms with Crippen LogP contribution in [0.3, 0.4) is 0 Å². The largest absolute Gasteiger partial charge is 0.394 e. The van der Waals surface area contributed by atoms with Crippen molar-refractivity contribution in [2.45, 2.75) is 6.04 Å². The first-order valence-corrected chi connectivity index (χ1v) is 5.36. The molecule has 0 aliphatic carbocycles. The average Bonchev–Trinajstić information content (AvgIpc) is 2.35. The van der Waals surface area contributed by atoms with Crippen LogP contribution in [0.4, 0.5) is 18.9 Å². The lowest BCUT2D eigenvalue weighted by atomic mass is 10.1. The van der Waals surface area contributed by atoms with Crippen molar-refractivity contribution in [1.82, 2.24) is 5.32 Å². The summed E-state index contributed by atoms with van der Waals surface area (Å²) in [5.74, 6) is -3.89. The lowest BCUT2D eigenvalue weighted by Crippen LogP contribution is -2.53. The van der Waals surface area contributed by atoms with Crippen molar-refractivity contribution in [3.8, 4) is 0 Å². The molecular formula is C11H13F3N2O. The zero-order chi connectivity index (χ0) is 12.4. The molecule has 1 unspecified atom stereocenters. The fourth-order valence-electron chi connectivity index (χ4n) is 1.97. The van der Waals surface area contributed by atoms with Crippen LogP contribution < -0.4 is 10.2 Å². The molecule has 3 nitrogen and oxygen atoms in total. The molecule has 0 radical (unpaired) electrons. The molecule has 1 aliphatic heterocycles. The molecule has 0 saturated carbocycles. The van der Waals surface area contributed by atoms with Crippen molar-refractivity contribution >= 4 is 5.69 Å². The van der Waals surface area contributed by atoms with Gasteiger partial charge in [-0.2, -0.15) is 0 Å². The van der Waals surface area contributed by atoms with Crippen molar-refractivity contribution < 1.29 is 18.3 Å². The highest BCUT2D eigenvalue weighted by Crippen LogP contribution is 2.23. The van der Waals surface area contributed by atoms with E-state index in [9.17, 15) is 18.3 Å². The zero-order valence-corrected chi connectivity index (χ0v) is 9.09. The maximum absolute atomic E-state index is 13.1. The predicted octanol–water partition coefficient (Wildman–Crippen LogP) is 0.874. The van der Waals surface area contributed by atoms with Gasteiger partial charge in [-0.05, 0) is 0 Å². The monoisotopic (exact) mass is 246 g/mol. The third-order valence-corrected chi connectivity index (χ3v) is 2.86. The molecule has 0 aromatic heterocycles.